The fraction of sp³-hybridized carbons (Fsp3) is 0.250. The highest BCUT2D eigenvalue weighted by atomic mass is 19.1. The average molecular weight is 291 g/mol. The number of phenols is 2. The van der Waals surface area contributed by atoms with Gasteiger partial charge in [0.2, 0.25) is 0 Å². The van der Waals surface area contributed by atoms with Crippen molar-refractivity contribution in [1.29, 1.82) is 0 Å². The van der Waals surface area contributed by atoms with E-state index in [0.717, 1.165) is 0 Å². The fourth-order valence-corrected chi connectivity index (χ4v) is 2.06. The van der Waals surface area contributed by atoms with Gasteiger partial charge < -0.3 is 20.3 Å². The summed E-state index contributed by atoms with van der Waals surface area (Å²) in [4.78, 5) is 0. The van der Waals surface area contributed by atoms with Crippen LogP contribution >= 0.6 is 0 Å². The van der Waals surface area contributed by atoms with Gasteiger partial charge in [-0.25, -0.2) is 4.39 Å². The normalized spacial score (nSPS) is 12.0. The number of rotatable bonds is 5. The SMILES string of the molecule is CCOc1ccc(NC(C)c2cc(O)cc(O)c2)cc1F. The van der Waals surface area contributed by atoms with E-state index in [0.29, 0.717) is 17.9 Å². The topological polar surface area (TPSA) is 61.7 Å². The number of nitrogens with one attached hydrogen (secondary N) is 1. The van der Waals surface area contributed by atoms with Gasteiger partial charge in [-0.2, -0.15) is 0 Å². The van der Waals surface area contributed by atoms with E-state index in [1.807, 2.05) is 6.92 Å². The lowest BCUT2D eigenvalue weighted by Gasteiger charge is -2.17. The number of hydrogen-bond donors (Lipinski definition) is 3. The molecule has 0 aliphatic heterocycles. The van der Waals surface area contributed by atoms with Crippen LogP contribution in [-0.2, 0) is 0 Å². The van der Waals surface area contributed by atoms with Crippen LogP contribution in [0.25, 0.3) is 0 Å². The van der Waals surface area contributed by atoms with Gasteiger partial charge in [-0.15, -0.1) is 0 Å². The monoisotopic (exact) mass is 291 g/mol. The molecule has 4 nitrogen and oxygen atoms in total. The minimum atomic E-state index is -0.437. The van der Waals surface area contributed by atoms with Crippen LogP contribution in [0.5, 0.6) is 17.2 Å². The van der Waals surface area contributed by atoms with Crippen molar-refractivity contribution < 1.29 is 19.3 Å². The highest BCUT2D eigenvalue weighted by molar-refractivity contribution is 5.50. The maximum Gasteiger partial charge on any atom is 0.167 e. The van der Waals surface area contributed by atoms with Crippen LogP contribution in [-0.4, -0.2) is 16.8 Å². The molecule has 1 atom stereocenters. The molecule has 0 saturated heterocycles. The fourth-order valence-electron chi connectivity index (χ4n) is 2.06. The van der Waals surface area contributed by atoms with Gasteiger partial charge >= 0.3 is 0 Å². The predicted octanol–water partition coefficient (Wildman–Crippen LogP) is 3.81. The molecular formula is C16H18FNO3. The molecule has 0 aliphatic carbocycles. The lowest BCUT2D eigenvalue weighted by atomic mass is 10.1. The van der Waals surface area contributed by atoms with Gasteiger partial charge in [-0.1, -0.05) is 0 Å². The second kappa shape index (κ2) is 6.35. The molecule has 0 aliphatic rings. The summed E-state index contributed by atoms with van der Waals surface area (Å²) in [5.41, 5.74) is 1.29. The number of ether oxygens (including phenoxy) is 1. The van der Waals surface area contributed by atoms with Crippen molar-refractivity contribution in [2.45, 2.75) is 19.9 Å². The molecule has 0 heterocycles. The first-order valence-corrected chi connectivity index (χ1v) is 6.71. The van der Waals surface area contributed by atoms with Crippen molar-refractivity contribution in [3.05, 3.63) is 47.8 Å². The van der Waals surface area contributed by atoms with Gasteiger partial charge in [0.1, 0.15) is 11.5 Å². The van der Waals surface area contributed by atoms with Crippen molar-refractivity contribution in [2.75, 3.05) is 11.9 Å². The quantitative estimate of drug-likeness (QED) is 0.784. The van der Waals surface area contributed by atoms with E-state index in [1.54, 1.807) is 31.2 Å². The predicted molar refractivity (Wildman–Crippen MR) is 79.4 cm³/mol. The van der Waals surface area contributed by atoms with E-state index in [4.69, 9.17) is 4.74 Å². The van der Waals surface area contributed by atoms with Crippen LogP contribution in [0.1, 0.15) is 25.5 Å². The Bertz CT molecular complexity index is 611. The summed E-state index contributed by atoms with van der Waals surface area (Å²) in [6, 6.07) is 8.77. The molecular weight excluding hydrogens is 273 g/mol. The van der Waals surface area contributed by atoms with Crippen molar-refractivity contribution in [3.63, 3.8) is 0 Å². The summed E-state index contributed by atoms with van der Waals surface area (Å²) in [6.07, 6.45) is 0. The van der Waals surface area contributed by atoms with E-state index in [2.05, 4.69) is 5.32 Å². The molecule has 3 N–H and O–H groups in total. The lowest BCUT2D eigenvalue weighted by Crippen LogP contribution is -2.07. The molecule has 1 unspecified atom stereocenters. The summed E-state index contributed by atoms with van der Waals surface area (Å²) >= 11 is 0. The molecule has 0 radical (unpaired) electrons. The Morgan fingerprint density at radius 1 is 1.14 bits per heavy atom. The largest absolute Gasteiger partial charge is 0.508 e. The minimum Gasteiger partial charge on any atom is -0.508 e. The molecule has 21 heavy (non-hydrogen) atoms. The number of anilines is 1. The summed E-state index contributed by atoms with van der Waals surface area (Å²) in [5.74, 6) is -0.258. The molecule has 2 aromatic carbocycles. The second-order valence-electron chi connectivity index (χ2n) is 4.73. The minimum absolute atomic E-state index is 0.0171. The van der Waals surface area contributed by atoms with Crippen molar-refractivity contribution in [1.82, 2.24) is 0 Å². The van der Waals surface area contributed by atoms with Gasteiger partial charge in [0.15, 0.2) is 11.6 Å². The zero-order valence-electron chi connectivity index (χ0n) is 11.9. The molecule has 0 fully saturated rings. The number of phenolic OH excluding ortho intramolecular Hbond substituents is 2. The van der Waals surface area contributed by atoms with Crippen LogP contribution in [0.15, 0.2) is 36.4 Å². The zero-order chi connectivity index (χ0) is 15.4. The van der Waals surface area contributed by atoms with E-state index in [-0.39, 0.29) is 23.3 Å². The standard InChI is InChI=1S/C16H18FNO3/c1-3-21-16-5-4-12(8-15(16)17)18-10(2)11-6-13(19)9-14(20)7-11/h4-10,18-20H,3H2,1-2H3. The number of hydrogen-bond acceptors (Lipinski definition) is 4. The summed E-state index contributed by atoms with van der Waals surface area (Å²) < 4.78 is 18.9. The Kier molecular flexibility index (Phi) is 4.52. The molecule has 0 bridgehead atoms. The number of halogens is 1. The van der Waals surface area contributed by atoms with E-state index in [9.17, 15) is 14.6 Å². The average Bonchev–Trinajstić information content (AvgIpc) is 2.41. The highest BCUT2D eigenvalue weighted by Crippen LogP contribution is 2.28. The van der Waals surface area contributed by atoms with Crippen LogP contribution in [0.3, 0.4) is 0 Å². The van der Waals surface area contributed by atoms with Gasteiger partial charge in [0.25, 0.3) is 0 Å². The summed E-state index contributed by atoms with van der Waals surface area (Å²) in [5, 5.41) is 22.1. The molecule has 2 aromatic rings. The Labute approximate surface area is 122 Å². The van der Waals surface area contributed by atoms with Crippen LogP contribution in [0.4, 0.5) is 10.1 Å². The van der Waals surface area contributed by atoms with Gasteiger partial charge in [0.05, 0.1) is 6.61 Å². The van der Waals surface area contributed by atoms with Crippen LogP contribution < -0.4 is 10.1 Å². The Balaban J connectivity index is 2.15. The molecule has 2 rings (SSSR count). The van der Waals surface area contributed by atoms with Crippen molar-refractivity contribution in [2.24, 2.45) is 0 Å². The molecule has 0 amide bonds. The third kappa shape index (κ3) is 3.78. The van der Waals surface area contributed by atoms with Crippen LogP contribution in [0, 0.1) is 5.82 Å². The second-order valence-corrected chi connectivity index (χ2v) is 4.73. The molecule has 0 saturated carbocycles. The first-order valence-electron chi connectivity index (χ1n) is 6.71. The van der Waals surface area contributed by atoms with Gasteiger partial charge in [-0.3, -0.25) is 0 Å². The summed E-state index contributed by atoms with van der Waals surface area (Å²) in [6.45, 7) is 4.05. The first-order chi connectivity index (χ1) is 9.99. The van der Waals surface area contributed by atoms with E-state index < -0.39 is 5.82 Å². The van der Waals surface area contributed by atoms with E-state index >= 15 is 0 Å². The van der Waals surface area contributed by atoms with Crippen LogP contribution in [0.2, 0.25) is 0 Å². The maximum atomic E-state index is 13.8. The van der Waals surface area contributed by atoms with E-state index in [1.165, 1.54) is 12.1 Å². The smallest absolute Gasteiger partial charge is 0.167 e. The molecule has 0 spiro atoms. The third-order valence-electron chi connectivity index (χ3n) is 3.04. The maximum absolute atomic E-state index is 13.8. The third-order valence-corrected chi connectivity index (χ3v) is 3.04. The Morgan fingerprint density at radius 3 is 2.38 bits per heavy atom. The lowest BCUT2D eigenvalue weighted by molar-refractivity contribution is 0.321. The zero-order valence-corrected chi connectivity index (χ0v) is 11.9. The molecule has 112 valence electrons. The first kappa shape index (κ1) is 15.0. The molecule has 5 heteroatoms. The summed E-state index contributed by atoms with van der Waals surface area (Å²) in [7, 11) is 0. The number of aromatic hydroxyl groups is 2. The van der Waals surface area contributed by atoms with Crippen molar-refractivity contribution in [3.8, 4) is 17.2 Å². The van der Waals surface area contributed by atoms with Crippen molar-refractivity contribution >= 4 is 5.69 Å². The Hall–Kier alpha value is -2.43. The number of benzene rings is 2. The molecule has 0 aromatic heterocycles. The van der Waals surface area contributed by atoms with Gasteiger partial charge in [-0.05, 0) is 43.7 Å². The van der Waals surface area contributed by atoms with Gasteiger partial charge in [0, 0.05) is 23.9 Å². The Morgan fingerprint density at radius 2 is 1.81 bits per heavy atom. The highest BCUT2D eigenvalue weighted by Gasteiger charge is 2.10.